The lowest BCUT2D eigenvalue weighted by atomic mass is 10.2. The second kappa shape index (κ2) is 5.95. The number of halogens is 2. The molecular weight excluding hydrogens is 287 g/mol. The predicted molar refractivity (Wildman–Crippen MR) is 74.4 cm³/mol. The van der Waals surface area contributed by atoms with Crippen LogP contribution in [0.1, 0.15) is 10.4 Å². The van der Waals surface area contributed by atoms with E-state index in [9.17, 15) is 4.79 Å². The number of hydrogen-bond donors (Lipinski definition) is 0. The van der Waals surface area contributed by atoms with Crippen LogP contribution < -0.4 is 9.47 Å². The van der Waals surface area contributed by atoms with Crippen molar-refractivity contribution in [1.82, 2.24) is 0 Å². The number of esters is 1. The maximum absolute atomic E-state index is 11.9. The van der Waals surface area contributed by atoms with Crippen LogP contribution in [0.2, 0.25) is 10.0 Å². The zero-order valence-electron chi connectivity index (χ0n) is 10.0. The summed E-state index contributed by atoms with van der Waals surface area (Å²) in [5.41, 5.74) is 0.409. The number of methoxy groups -OCH3 is 1. The number of rotatable bonds is 3. The van der Waals surface area contributed by atoms with Gasteiger partial charge in [0.1, 0.15) is 11.5 Å². The second-order valence-corrected chi connectivity index (χ2v) is 4.54. The van der Waals surface area contributed by atoms with E-state index in [-0.39, 0.29) is 10.8 Å². The van der Waals surface area contributed by atoms with Crippen LogP contribution in [0.15, 0.2) is 42.5 Å². The molecule has 0 aliphatic rings. The fraction of sp³-hybridized carbons (Fsp3) is 0.0714. The molecule has 0 amide bonds. The van der Waals surface area contributed by atoms with Gasteiger partial charge in [0.2, 0.25) is 0 Å². The van der Waals surface area contributed by atoms with Crippen LogP contribution in [-0.4, -0.2) is 13.1 Å². The van der Waals surface area contributed by atoms with Crippen LogP contribution in [-0.2, 0) is 0 Å². The van der Waals surface area contributed by atoms with Crippen molar-refractivity contribution in [2.24, 2.45) is 0 Å². The lowest BCUT2D eigenvalue weighted by molar-refractivity contribution is 0.0735. The van der Waals surface area contributed by atoms with Gasteiger partial charge in [-0.15, -0.1) is 0 Å². The van der Waals surface area contributed by atoms with Gasteiger partial charge in [-0.2, -0.15) is 0 Å². The van der Waals surface area contributed by atoms with E-state index < -0.39 is 5.97 Å². The minimum Gasteiger partial charge on any atom is -0.497 e. The second-order valence-electron chi connectivity index (χ2n) is 3.69. The molecule has 0 aliphatic heterocycles. The van der Waals surface area contributed by atoms with E-state index in [2.05, 4.69) is 0 Å². The smallest absolute Gasteiger partial charge is 0.343 e. The van der Waals surface area contributed by atoms with Gasteiger partial charge in [-0.1, -0.05) is 23.2 Å². The molecule has 0 unspecified atom stereocenters. The number of ether oxygens (including phenoxy) is 2. The normalized spacial score (nSPS) is 10.1. The molecule has 2 aromatic carbocycles. The molecule has 0 N–H and O–H groups in total. The van der Waals surface area contributed by atoms with E-state index in [0.29, 0.717) is 16.3 Å². The topological polar surface area (TPSA) is 35.5 Å². The first-order valence-electron chi connectivity index (χ1n) is 5.41. The molecule has 3 nitrogen and oxygen atoms in total. The molecule has 0 spiro atoms. The summed E-state index contributed by atoms with van der Waals surface area (Å²) in [7, 11) is 1.56. The Morgan fingerprint density at radius 2 is 1.74 bits per heavy atom. The predicted octanol–water partition coefficient (Wildman–Crippen LogP) is 4.22. The third kappa shape index (κ3) is 3.40. The quantitative estimate of drug-likeness (QED) is 0.628. The molecule has 5 heteroatoms. The zero-order valence-corrected chi connectivity index (χ0v) is 11.5. The van der Waals surface area contributed by atoms with E-state index in [1.807, 2.05) is 0 Å². The van der Waals surface area contributed by atoms with Crippen LogP contribution in [0.5, 0.6) is 11.5 Å². The lowest BCUT2D eigenvalue weighted by Gasteiger charge is -2.07. The molecule has 0 saturated heterocycles. The highest BCUT2D eigenvalue weighted by molar-refractivity contribution is 6.35. The van der Waals surface area contributed by atoms with Crippen molar-refractivity contribution in [1.29, 1.82) is 0 Å². The van der Waals surface area contributed by atoms with Gasteiger partial charge in [-0.3, -0.25) is 0 Å². The molecule has 0 atom stereocenters. The average Bonchev–Trinajstić information content (AvgIpc) is 2.42. The van der Waals surface area contributed by atoms with E-state index in [1.165, 1.54) is 6.07 Å². The van der Waals surface area contributed by atoms with Crippen molar-refractivity contribution >= 4 is 29.2 Å². The largest absolute Gasteiger partial charge is 0.497 e. The van der Waals surface area contributed by atoms with E-state index in [1.54, 1.807) is 43.5 Å². The van der Waals surface area contributed by atoms with Crippen LogP contribution in [0, 0.1) is 0 Å². The Morgan fingerprint density at radius 1 is 1.05 bits per heavy atom. The van der Waals surface area contributed by atoms with Crippen LogP contribution >= 0.6 is 23.2 Å². The van der Waals surface area contributed by atoms with Crippen LogP contribution in [0.4, 0.5) is 0 Å². The molecule has 0 aromatic heterocycles. The van der Waals surface area contributed by atoms with Gasteiger partial charge in [0, 0.05) is 5.02 Å². The van der Waals surface area contributed by atoms with Crippen LogP contribution in [0.3, 0.4) is 0 Å². The SMILES string of the molecule is COc1ccc(C(=O)Oc2ccc(Cl)cc2Cl)cc1. The third-order valence-electron chi connectivity index (χ3n) is 2.42. The molecule has 0 saturated carbocycles. The zero-order chi connectivity index (χ0) is 13.8. The summed E-state index contributed by atoms with van der Waals surface area (Å²) in [6, 6.07) is 11.3. The number of carbonyl (C=O) groups excluding carboxylic acids is 1. The number of hydrogen-bond acceptors (Lipinski definition) is 3. The summed E-state index contributed by atoms with van der Waals surface area (Å²) in [6.07, 6.45) is 0. The van der Waals surface area contributed by atoms with Crippen molar-refractivity contribution in [3.05, 3.63) is 58.1 Å². The maximum Gasteiger partial charge on any atom is 0.343 e. The van der Waals surface area contributed by atoms with E-state index in [0.717, 1.165) is 0 Å². The molecule has 2 aromatic rings. The highest BCUT2D eigenvalue weighted by atomic mass is 35.5. The minimum atomic E-state index is -0.494. The summed E-state index contributed by atoms with van der Waals surface area (Å²) >= 11 is 11.7. The molecule has 0 heterocycles. The third-order valence-corrected chi connectivity index (χ3v) is 2.95. The molecule has 19 heavy (non-hydrogen) atoms. The Balaban J connectivity index is 2.15. The fourth-order valence-corrected chi connectivity index (χ4v) is 1.89. The maximum atomic E-state index is 11.9. The highest BCUT2D eigenvalue weighted by Crippen LogP contribution is 2.28. The molecule has 98 valence electrons. The summed E-state index contributed by atoms with van der Waals surface area (Å²) in [4.78, 5) is 11.9. The Kier molecular flexibility index (Phi) is 4.30. The Labute approximate surface area is 120 Å². The highest BCUT2D eigenvalue weighted by Gasteiger charge is 2.11. The minimum absolute atomic E-state index is 0.270. The standard InChI is InChI=1S/C14H10Cl2O3/c1-18-11-5-2-9(3-6-11)14(17)19-13-7-4-10(15)8-12(13)16/h2-8H,1H3. The van der Waals surface area contributed by atoms with Crippen LogP contribution in [0.25, 0.3) is 0 Å². The molecule has 2 rings (SSSR count). The molecule has 0 bridgehead atoms. The Bertz CT molecular complexity index is 594. The van der Waals surface area contributed by atoms with Crippen molar-refractivity contribution in [3.8, 4) is 11.5 Å². The van der Waals surface area contributed by atoms with Gasteiger partial charge >= 0.3 is 5.97 Å². The molecule has 0 aliphatic carbocycles. The van der Waals surface area contributed by atoms with Gasteiger partial charge in [0.05, 0.1) is 17.7 Å². The van der Waals surface area contributed by atoms with Crippen molar-refractivity contribution in [2.45, 2.75) is 0 Å². The first-order chi connectivity index (χ1) is 9.10. The van der Waals surface area contributed by atoms with E-state index in [4.69, 9.17) is 32.7 Å². The fourth-order valence-electron chi connectivity index (χ4n) is 1.44. The van der Waals surface area contributed by atoms with E-state index >= 15 is 0 Å². The Hall–Kier alpha value is -1.71. The van der Waals surface area contributed by atoms with Crippen molar-refractivity contribution < 1.29 is 14.3 Å². The van der Waals surface area contributed by atoms with Gasteiger partial charge in [-0.05, 0) is 42.5 Å². The van der Waals surface area contributed by atoms with Crippen molar-refractivity contribution in [2.75, 3.05) is 7.11 Å². The van der Waals surface area contributed by atoms with Gasteiger partial charge in [0.15, 0.2) is 0 Å². The molecular formula is C14H10Cl2O3. The average molecular weight is 297 g/mol. The Morgan fingerprint density at radius 3 is 2.32 bits per heavy atom. The first kappa shape index (κ1) is 13.7. The first-order valence-corrected chi connectivity index (χ1v) is 6.17. The lowest BCUT2D eigenvalue weighted by Crippen LogP contribution is -2.08. The molecule has 0 radical (unpaired) electrons. The summed E-state index contributed by atoms with van der Waals surface area (Å²) in [6.45, 7) is 0. The number of benzene rings is 2. The van der Waals surface area contributed by atoms with Gasteiger partial charge in [-0.25, -0.2) is 4.79 Å². The molecule has 0 fully saturated rings. The summed E-state index contributed by atoms with van der Waals surface area (Å²) in [5, 5.41) is 0.767. The van der Waals surface area contributed by atoms with Crippen molar-refractivity contribution in [3.63, 3.8) is 0 Å². The number of carbonyl (C=O) groups is 1. The monoisotopic (exact) mass is 296 g/mol. The van der Waals surface area contributed by atoms with Gasteiger partial charge < -0.3 is 9.47 Å². The summed E-state index contributed by atoms with van der Waals surface area (Å²) < 4.78 is 10.2. The van der Waals surface area contributed by atoms with Gasteiger partial charge in [0.25, 0.3) is 0 Å². The summed E-state index contributed by atoms with van der Waals surface area (Å²) in [5.74, 6) is 0.444.